The molecule has 0 N–H and O–H groups in total. The smallest absolute Gasteiger partial charge is 0.164 e. The van der Waals surface area contributed by atoms with E-state index < -0.39 is 0 Å². The first-order valence-electron chi connectivity index (χ1n) is 18.7. The summed E-state index contributed by atoms with van der Waals surface area (Å²) in [5.74, 6) is 1.74. The van der Waals surface area contributed by atoms with Crippen LogP contribution in [0.15, 0.2) is 197 Å². The van der Waals surface area contributed by atoms with Crippen molar-refractivity contribution in [2.45, 2.75) is 0 Å². The van der Waals surface area contributed by atoms with Crippen molar-refractivity contribution in [1.29, 1.82) is 0 Å². The van der Waals surface area contributed by atoms with Crippen LogP contribution in [0.3, 0.4) is 0 Å². The first kappa shape index (κ1) is 31.9. The fourth-order valence-electron chi connectivity index (χ4n) is 7.80. The number of furan rings is 2. The standard InChI is InChI=1S/C51H31N3O2/c1-3-11-32(12-4-1)33-21-23-34(24-22-33)35-25-27-36(28-26-35)39-16-9-17-41-40-30-29-38(31-46(40)56-48(39)41)50-52-49(37-13-5-2-6-14-37)53-51(54-50)43-18-10-20-45-47(43)42-15-7-8-19-44(42)55-45/h1-31H. The maximum atomic E-state index is 6.71. The highest BCUT2D eigenvalue weighted by Gasteiger charge is 2.19. The van der Waals surface area contributed by atoms with Crippen LogP contribution in [0.4, 0.5) is 0 Å². The normalized spacial score (nSPS) is 11.6. The van der Waals surface area contributed by atoms with Crippen LogP contribution in [-0.2, 0) is 0 Å². The topological polar surface area (TPSA) is 65.0 Å². The van der Waals surface area contributed by atoms with Crippen LogP contribution < -0.4 is 0 Å². The van der Waals surface area contributed by atoms with E-state index in [0.29, 0.717) is 17.5 Å². The van der Waals surface area contributed by atoms with E-state index in [-0.39, 0.29) is 0 Å². The summed E-state index contributed by atoms with van der Waals surface area (Å²) in [4.78, 5) is 15.2. The molecule has 0 amide bonds. The van der Waals surface area contributed by atoms with Crippen LogP contribution >= 0.6 is 0 Å². The van der Waals surface area contributed by atoms with Crippen molar-refractivity contribution in [3.63, 3.8) is 0 Å². The number of para-hydroxylation sites is 2. The lowest BCUT2D eigenvalue weighted by molar-refractivity contribution is 0.669. The molecule has 0 bridgehead atoms. The van der Waals surface area contributed by atoms with E-state index in [4.69, 9.17) is 23.8 Å². The van der Waals surface area contributed by atoms with Gasteiger partial charge in [-0.05, 0) is 52.1 Å². The lowest BCUT2D eigenvalue weighted by Gasteiger charge is -2.09. The molecule has 0 spiro atoms. The average Bonchev–Trinajstić information content (AvgIpc) is 3.85. The molecular formula is C51H31N3O2. The Morgan fingerprint density at radius 1 is 0.286 bits per heavy atom. The average molecular weight is 718 g/mol. The molecule has 0 aliphatic heterocycles. The number of fused-ring (bicyclic) bond motifs is 6. The Morgan fingerprint density at radius 2 is 0.804 bits per heavy atom. The molecule has 0 atom stereocenters. The Morgan fingerprint density at radius 3 is 1.54 bits per heavy atom. The van der Waals surface area contributed by atoms with Gasteiger partial charge in [-0.2, -0.15) is 0 Å². The van der Waals surface area contributed by atoms with E-state index in [9.17, 15) is 0 Å². The largest absolute Gasteiger partial charge is 0.456 e. The van der Waals surface area contributed by atoms with E-state index >= 15 is 0 Å². The number of nitrogens with zero attached hydrogens (tertiary/aromatic N) is 3. The Hall–Kier alpha value is -7.63. The van der Waals surface area contributed by atoms with E-state index in [2.05, 4.69) is 115 Å². The maximum Gasteiger partial charge on any atom is 0.164 e. The second-order valence-corrected chi connectivity index (χ2v) is 14.0. The van der Waals surface area contributed by atoms with Crippen LogP contribution in [0.2, 0.25) is 0 Å². The maximum absolute atomic E-state index is 6.71. The van der Waals surface area contributed by atoms with Gasteiger partial charge in [0, 0.05) is 43.8 Å². The Bertz CT molecular complexity index is 3220. The minimum atomic E-state index is 0.564. The molecule has 3 aromatic heterocycles. The Labute approximate surface area is 322 Å². The molecule has 0 saturated carbocycles. The molecule has 5 nitrogen and oxygen atoms in total. The van der Waals surface area contributed by atoms with Crippen molar-refractivity contribution in [2.75, 3.05) is 0 Å². The van der Waals surface area contributed by atoms with Gasteiger partial charge in [0.25, 0.3) is 0 Å². The summed E-state index contributed by atoms with van der Waals surface area (Å²) in [6.45, 7) is 0. The van der Waals surface area contributed by atoms with Gasteiger partial charge in [-0.3, -0.25) is 0 Å². The van der Waals surface area contributed by atoms with Crippen LogP contribution in [0.25, 0.3) is 111 Å². The van der Waals surface area contributed by atoms with Crippen molar-refractivity contribution >= 4 is 43.9 Å². The number of aromatic nitrogens is 3. The molecule has 262 valence electrons. The zero-order valence-electron chi connectivity index (χ0n) is 30.1. The summed E-state index contributed by atoms with van der Waals surface area (Å²) in [5.41, 5.74) is 12.8. The quantitative estimate of drug-likeness (QED) is 0.171. The summed E-state index contributed by atoms with van der Waals surface area (Å²) >= 11 is 0. The Balaban J connectivity index is 0.987. The monoisotopic (exact) mass is 717 g/mol. The van der Waals surface area contributed by atoms with Gasteiger partial charge in [0.05, 0.1) is 0 Å². The number of benzene rings is 8. The predicted molar refractivity (Wildman–Crippen MR) is 227 cm³/mol. The highest BCUT2D eigenvalue weighted by Crippen LogP contribution is 2.40. The molecule has 0 saturated heterocycles. The molecule has 0 unspecified atom stereocenters. The highest BCUT2D eigenvalue weighted by atomic mass is 16.3. The molecule has 56 heavy (non-hydrogen) atoms. The summed E-state index contributed by atoms with van der Waals surface area (Å²) in [6, 6.07) is 64.6. The third-order valence-corrected chi connectivity index (χ3v) is 10.6. The first-order chi connectivity index (χ1) is 27.7. The van der Waals surface area contributed by atoms with Crippen molar-refractivity contribution in [3.05, 3.63) is 188 Å². The van der Waals surface area contributed by atoms with Crippen molar-refractivity contribution in [3.8, 4) is 67.5 Å². The summed E-state index contributed by atoms with van der Waals surface area (Å²) < 4.78 is 12.9. The zero-order chi connectivity index (χ0) is 37.0. The van der Waals surface area contributed by atoms with Crippen LogP contribution in [0.1, 0.15) is 0 Å². The highest BCUT2D eigenvalue weighted by molar-refractivity contribution is 6.12. The van der Waals surface area contributed by atoms with Gasteiger partial charge >= 0.3 is 0 Å². The Kier molecular flexibility index (Phi) is 7.42. The van der Waals surface area contributed by atoms with Crippen molar-refractivity contribution in [2.24, 2.45) is 0 Å². The molecule has 3 heterocycles. The number of rotatable bonds is 6. The van der Waals surface area contributed by atoms with Gasteiger partial charge in [-0.15, -0.1) is 0 Å². The van der Waals surface area contributed by atoms with E-state index in [1.807, 2.05) is 72.8 Å². The van der Waals surface area contributed by atoms with Crippen molar-refractivity contribution in [1.82, 2.24) is 15.0 Å². The molecule has 0 aliphatic carbocycles. The fraction of sp³-hybridized carbons (Fsp3) is 0. The van der Waals surface area contributed by atoms with E-state index in [0.717, 1.165) is 71.7 Å². The predicted octanol–water partition coefficient (Wildman–Crippen LogP) is 13.7. The van der Waals surface area contributed by atoms with Gasteiger partial charge in [0.1, 0.15) is 22.3 Å². The molecule has 11 aromatic rings. The van der Waals surface area contributed by atoms with Crippen LogP contribution in [0, 0.1) is 0 Å². The lowest BCUT2D eigenvalue weighted by atomic mass is 9.97. The molecule has 0 fully saturated rings. The fourth-order valence-corrected chi connectivity index (χ4v) is 7.80. The van der Waals surface area contributed by atoms with Gasteiger partial charge in [0.15, 0.2) is 17.5 Å². The summed E-state index contributed by atoms with van der Waals surface area (Å²) in [7, 11) is 0. The minimum Gasteiger partial charge on any atom is -0.456 e. The van der Waals surface area contributed by atoms with Crippen molar-refractivity contribution < 1.29 is 8.83 Å². The van der Waals surface area contributed by atoms with Gasteiger partial charge in [-0.1, -0.05) is 164 Å². The van der Waals surface area contributed by atoms with Crippen LogP contribution in [0.5, 0.6) is 0 Å². The molecule has 0 aliphatic rings. The van der Waals surface area contributed by atoms with E-state index in [1.54, 1.807) is 0 Å². The van der Waals surface area contributed by atoms with Gasteiger partial charge in [-0.25, -0.2) is 15.0 Å². The molecule has 11 rings (SSSR count). The molecule has 8 aromatic carbocycles. The lowest BCUT2D eigenvalue weighted by Crippen LogP contribution is -2.00. The zero-order valence-corrected chi connectivity index (χ0v) is 30.1. The number of hydrogen-bond acceptors (Lipinski definition) is 5. The summed E-state index contributed by atoms with van der Waals surface area (Å²) in [6.07, 6.45) is 0. The van der Waals surface area contributed by atoms with Gasteiger partial charge in [0.2, 0.25) is 0 Å². The molecule has 0 radical (unpaired) electrons. The van der Waals surface area contributed by atoms with Crippen LogP contribution in [-0.4, -0.2) is 15.0 Å². The van der Waals surface area contributed by atoms with Gasteiger partial charge < -0.3 is 8.83 Å². The molecule has 5 heteroatoms. The third-order valence-electron chi connectivity index (χ3n) is 10.6. The minimum absolute atomic E-state index is 0.564. The second-order valence-electron chi connectivity index (χ2n) is 14.0. The second kappa shape index (κ2) is 13.0. The van der Waals surface area contributed by atoms with E-state index in [1.165, 1.54) is 22.3 Å². The number of hydrogen-bond donors (Lipinski definition) is 0. The summed E-state index contributed by atoms with van der Waals surface area (Å²) in [5, 5.41) is 4.10. The SMILES string of the molecule is c1ccc(-c2ccc(-c3ccc(-c4cccc5c4oc4cc(-c6nc(-c7ccccc7)nc(-c7cccc8oc9ccccc9c78)n6)ccc45)cc3)cc2)cc1. The third kappa shape index (κ3) is 5.45. The molecular weight excluding hydrogens is 687 g/mol. The first-order valence-corrected chi connectivity index (χ1v) is 18.7.